The zero-order valence-electron chi connectivity index (χ0n) is 15.7. The number of ether oxygens (including phenoxy) is 1. The highest BCUT2D eigenvalue weighted by Crippen LogP contribution is 2.35. The summed E-state index contributed by atoms with van der Waals surface area (Å²) < 4.78 is 10.4. The van der Waals surface area contributed by atoms with Gasteiger partial charge in [0.2, 0.25) is 0 Å². The first-order chi connectivity index (χ1) is 12.7. The van der Waals surface area contributed by atoms with Gasteiger partial charge in [0.15, 0.2) is 0 Å². The Bertz CT molecular complexity index is 758. The molecule has 1 unspecified atom stereocenters. The minimum Gasteiger partial charge on any atom is -0.380 e. The van der Waals surface area contributed by atoms with Crippen LogP contribution >= 0.6 is 0 Å². The summed E-state index contributed by atoms with van der Waals surface area (Å²) in [7, 11) is 1.98. The van der Waals surface area contributed by atoms with Gasteiger partial charge < -0.3 is 9.30 Å². The Morgan fingerprint density at radius 1 is 1.15 bits per heavy atom. The lowest BCUT2D eigenvalue weighted by atomic mass is 9.98. The lowest BCUT2D eigenvalue weighted by Crippen LogP contribution is -2.36. The molecule has 1 aliphatic heterocycles. The van der Waals surface area contributed by atoms with Crippen molar-refractivity contribution in [3.8, 4) is 0 Å². The molecule has 6 heteroatoms. The molecule has 140 valence electrons. The molecule has 2 saturated carbocycles. The smallest absolute Gasteiger partial charge is 0.0952 e. The van der Waals surface area contributed by atoms with E-state index in [0.29, 0.717) is 5.92 Å². The first kappa shape index (κ1) is 16.5. The topological polar surface area (TPSA) is 48.1 Å². The maximum atomic E-state index is 6.12. The number of hydrogen-bond acceptors (Lipinski definition) is 4. The van der Waals surface area contributed by atoms with Crippen molar-refractivity contribution in [1.29, 1.82) is 0 Å². The van der Waals surface area contributed by atoms with Gasteiger partial charge in [-0.1, -0.05) is 0 Å². The van der Waals surface area contributed by atoms with Crippen molar-refractivity contribution in [2.45, 2.75) is 51.2 Å². The largest absolute Gasteiger partial charge is 0.380 e. The molecule has 5 rings (SSSR count). The second-order valence-electron chi connectivity index (χ2n) is 8.54. The zero-order valence-corrected chi connectivity index (χ0v) is 15.7. The minimum atomic E-state index is 0.426. The van der Waals surface area contributed by atoms with E-state index in [4.69, 9.17) is 9.72 Å². The van der Waals surface area contributed by atoms with Crippen LogP contribution in [0.5, 0.6) is 0 Å². The second-order valence-corrected chi connectivity index (χ2v) is 8.54. The summed E-state index contributed by atoms with van der Waals surface area (Å²) in [6.45, 7) is 5.81. The molecule has 0 bridgehead atoms. The third-order valence-electron chi connectivity index (χ3n) is 5.88. The van der Waals surface area contributed by atoms with Crippen molar-refractivity contribution in [3.05, 3.63) is 35.7 Å². The van der Waals surface area contributed by atoms with E-state index < -0.39 is 0 Å². The van der Waals surface area contributed by atoms with Gasteiger partial charge >= 0.3 is 0 Å². The van der Waals surface area contributed by atoms with Gasteiger partial charge in [-0.05, 0) is 37.5 Å². The number of nitrogens with zero attached hydrogens (tertiary/aromatic N) is 5. The van der Waals surface area contributed by atoms with E-state index >= 15 is 0 Å². The van der Waals surface area contributed by atoms with Crippen LogP contribution in [-0.4, -0.2) is 44.0 Å². The summed E-state index contributed by atoms with van der Waals surface area (Å²) in [6, 6.07) is 0. The van der Waals surface area contributed by atoms with E-state index in [1.54, 1.807) is 0 Å². The standard InChI is InChI=1S/C20H29N5O/c1-23-7-17(6-22-23)8-24-10-18(13-26-12-16-4-5-16)20-19(11-24)21-14-25(20)9-15-2-3-15/h6-7,14-16,18H,2-5,8-13H2,1H3. The fraction of sp³-hybridized carbons (Fsp3) is 0.700. The van der Waals surface area contributed by atoms with Crippen molar-refractivity contribution >= 4 is 0 Å². The molecule has 0 aromatic carbocycles. The lowest BCUT2D eigenvalue weighted by Gasteiger charge is -2.33. The van der Waals surface area contributed by atoms with Gasteiger partial charge in [0.05, 0.1) is 24.8 Å². The van der Waals surface area contributed by atoms with Crippen LogP contribution < -0.4 is 0 Å². The highest BCUT2D eigenvalue weighted by molar-refractivity contribution is 5.23. The van der Waals surface area contributed by atoms with Crippen LogP contribution in [0.4, 0.5) is 0 Å². The number of imidazole rings is 1. The van der Waals surface area contributed by atoms with E-state index in [9.17, 15) is 0 Å². The summed E-state index contributed by atoms with van der Waals surface area (Å²) in [6.07, 6.45) is 11.6. The van der Waals surface area contributed by atoms with Crippen LogP contribution in [0.2, 0.25) is 0 Å². The van der Waals surface area contributed by atoms with E-state index in [1.807, 2.05) is 17.9 Å². The van der Waals surface area contributed by atoms with Crippen molar-refractivity contribution < 1.29 is 4.74 Å². The molecule has 2 aromatic rings. The van der Waals surface area contributed by atoms with Crippen molar-refractivity contribution in [3.63, 3.8) is 0 Å². The van der Waals surface area contributed by atoms with E-state index in [2.05, 4.69) is 27.1 Å². The van der Waals surface area contributed by atoms with Gasteiger partial charge in [-0.15, -0.1) is 0 Å². The molecule has 2 aromatic heterocycles. The monoisotopic (exact) mass is 355 g/mol. The van der Waals surface area contributed by atoms with Crippen molar-refractivity contribution in [2.75, 3.05) is 19.8 Å². The quantitative estimate of drug-likeness (QED) is 0.730. The molecular formula is C20H29N5O. The van der Waals surface area contributed by atoms with Gasteiger partial charge in [0, 0.05) is 63.2 Å². The Balaban J connectivity index is 1.32. The summed E-state index contributed by atoms with van der Waals surface area (Å²) in [5, 5.41) is 4.31. The first-order valence-electron chi connectivity index (χ1n) is 10.1. The molecular weight excluding hydrogens is 326 g/mol. The molecule has 2 aliphatic carbocycles. The number of aryl methyl sites for hydroxylation is 1. The molecule has 2 fully saturated rings. The predicted octanol–water partition coefficient (Wildman–Crippen LogP) is 2.55. The predicted molar refractivity (Wildman–Crippen MR) is 98.6 cm³/mol. The number of fused-ring (bicyclic) bond motifs is 1. The molecule has 0 amide bonds. The highest BCUT2D eigenvalue weighted by atomic mass is 16.5. The molecule has 6 nitrogen and oxygen atoms in total. The fourth-order valence-corrected chi connectivity index (χ4v) is 4.15. The Kier molecular flexibility index (Phi) is 4.33. The summed E-state index contributed by atoms with van der Waals surface area (Å²) >= 11 is 0. The molecule has 0 saturated heterocycles. The third kappa shape index (κ3) is 3.71. The van der Waals surface area contributed by atoms with Crippen molar-refractivity contribution in [2.24, 2.45) is 18.9 Å². The highest BCUT2D eigenvalue weighted by Gasteiger charge is 2.32. The molecule has 26 heavy (non-hydrogen) atoms. The van der Waals surface area contributed by atoms with Gasteiger partial charge in [-0.2, -0.15) is 5.10 Å². The number of rotatable bonds is 8. The first-order valence-corrected chi connectivity index (χ1v) is 10.1. The number of aromatic nitrogens is 4. The summed E-state index contributed by atoms with van der Waals surface area (Å²) in [4.78, 5) is 7.28. The molecule has 0 radical (unpaired) electrons. The third-order valence-corrected chi connectivity index (χ3v) is 5.88. The van der Waals surface area contributed by atoms with Crippen LogP contribution in [0.1, 0.15) is 48.6 Å². The Labute approximate surface area is 155 Å². The Morgan fingerprint density at radius 2 is 2.00 bits per heavy atom. The van der Waals surface area contributed by atoms with Gasteiger partial charge in [0.25, 0.3) is 0 Å². The van der Waals surface area contributed by atoms with Crippen LogP contribution in [0.3, 0.4) is 0 Å². The molecule has 3 heterocycles. The molecule has 3 aliphatic rings. The molecule has 0 N–H and O–H groups in total. The van der Waals surface area contributed by atoms with Crippen LogP contribution in [0.15, 0.2) is 18.7 Å². The normalized spacial score (nSPS) is 23.3. The van der Waals surface area contributed by atoms with Gasteiger partial charge in [-0.3, -0.25) is 9.58 Å². The fourth-order valence-electron chi connectivity index (χ4n) is 4.15. The Morgan fingerprint density at radius 3 is 2.73 bits per heavy atom. The molecule has 0 spiro atoms. The van der Waals surface area contributed by atoms with Gasteiger partial charge in [0.1, 0.15) is 0 Å². The van der Waals surface area contributed by atoms with E-state index in [1.165, 1.54) is 42.6 Å². The van der Waals surface area contributed by atoms with Crippen LogP contribution in [0.25, 0.3) is 0 Å². The minimum absolute atomic E-state index is 0.426. The molecule has 1 atom stereocenters. The maximum absolute atomic E-state index is 6.12. The summed E-state index contributed by atoms with van der Waals surface area (Å²) in [5.74, 6) is 2.12. The van der Waals surface area contributed by atoms with Crippen LogP contribution in [-0.2, 0) is 31.4 Å². The average molecular weight is 355 g/mol. The van der Waals surface area contributed by atoms with Crippen molar-refractivity contribution in [1.82, 2.24) is 24.2 Å². The maximum Gasteiger partial charge on any atom is 0.0952 e. The average Bonchev–Trinajstić information content (AvgIpc) is 3.53. The SMILES string of the molecule is Cn1cc(CN2Cc3ncn(CC4CC4)c3C(COCC3CC3)C2)cn1. The second kappa shape index (κ2) is 6.82. The summed E-state index contributed by atoms with van der Waals surface area (Å²) in [5.41, 5.74) is 3.96. The van der Waals surface area contributed by atoms with Crippen LogP contribution in [0, 0.1) is 11.8 Å². The van der Waals surface area contributed by atoms with Gasteiger partial charge in [-0.25, -0.2) is 4.98 Å². The zero-order chi connectivity index (χ0) is 17.5. The Hall–Kier alpha value is -1.66. The number of hydrogen-bond donors (Lipinski definition) is 0. The van der Waals surface area contributed by atoms with E-state index in [0.717, 1.165) is 51.2 Å². The van der Waals surface area contributed by atoms with E-state index in [-0.39, 0.29) is 0 Å². The lowest BCUT2D eigenvalue weighted by molar-refractivity contribution is 0.0863.